The number of allylic oxidation sites excluding steroid dienone is 1. The summed E-state index contributed by atoms with van der Waals surface area (Å²) in [5, 5.41) is 12.8. The van der Waals surface area contributed by atoms with E-state index in [1.54, 1.807) is 54.6 Å². The highest BCUT2D eigenvalue weighted by molar-refractivity contribution is 7.45. The van der Waals surface area contributed by atoms with Crippen molar-refractivity contribution in [1.29, 1.82) is 5.26 Å². The van der Waals surface area contributed by atoms with Crippen LogP contribution in [0.25, 0.3) is 0 Å². The Morgan fingerprint density at radius 1 is 0.985 bits per heavy atom. The smallest absolute Gasteiger partial charge is 0.351 e. The third kappa shape index (κ3) is 11.8. The number of hydrogen-bond acceptors (Lipinski definition) is 10. The van der Waals surface area contributed by atoms with Crippen LogP contribution >= 0.6 is 8.53 Å². The Morgan fingerprint density at radius 3 is 2.21 bits per heavy atom. The van der Waals surface area contributed by atoms with Crippen LogP contribution < -0.4 is 15.7 Å². The van der Waals surface area contributed by atoms with E-state index in [0.717, 1.165) is 34.2 Å². The van der Waals surface area contributed by atoms with Crippen molar-refractivity contribution in [2.24, 2.45) is 5.41 Å². The first-order valence-corrected chi connectivity index (χ1v) is 22.8. The molecule has 67 heavy (non-hydrogen) atoms. The normalized spacial score (nSPS) is 18.1. The van der Waals surface area contributed by atoms with E-state index >= 15 is 0 Å². The molecule has 2 aromatic heterocycles. The van der Waals surface area contributed by atoms with Gasteiger partial charge in [-0.3, -0.25) is 13.7 Å². The van der Waals surface area contributed by atoms with E-state index in [9.17, 15) is 14.9 Å². The van der Waals surface area contributed by atoms with Crippen molar-refractivity contribution in [3.05, 3.63) is 191 Å². The average molecular weight is 929 g/mol. The third-order valence-corrected chi connectivity index (χ3v) is 13.6. The van der Waals surface area contributed by atoms with E-state index in [0.29, 0.717) is 17.7 Å². The summed E-state index contributed by atoms with van der Waals surface area (Å²) in [6, 6.07) is 37.1. The zero-order chi connectivity index (χ0) is 46.0. The minimum absolute atomic E-state index is 0. The van der Waals surface area contributed by atoms with Gasteiger partial charge in [0.2, 0.25) is 0 Å². The zero-order valence-corrected chi connectivity index (χ0v) is 38.8. The first-order chi connectivity index (χ1) is 31.5. The van der Waals surface area contributed by atoms with E-state index in [4.69, 9.17) is 23.3 Å². The molecule has 14 nitrogen and oxygen atoms in total. The predicted octanol–water partition coefficient (Wildman–Crippen LogP) is 9.88. The number of nitriles is 1. The lowest BCUT2D eigenvalue weighted by Crippen LogP contribution is -2.39. The van der Waals surface area contributed by atoms with Crippen molar-refractivity contribution >= 4 is 20.3 Å². The summed E-state index contributed by atoms with van der Waals surface area (Å²) < 4.78 is 36.8. The van der Waals surface area contributed by atoms with E-state index < -0.39 is 49.8 Å². The minimum atomic E-state index is -1.93. The molecule has 7 rings (SSSR count). The molecule has 3 N–H and O–H groups in total. The topological polar surface area (TPSA) is 183 Å². The first kappa shape index (κ1) is 51.7. The Labute approximate surface area is 394 Å². The third-order valence-electron chi connectivity index (χ3n) is 12.1. The van der Waals surface area contributed by atoms with Crippen molar-refractivity contribution in [1.82, 2.24) is 18.9 Å². The van der Waals surface area contributed by atoms with Crippen LogP contribution in [0.5, 0.6) is 5.75 Å². The molecule has 15 heteroatoms. The number of aryl methyl sites for hydroxylation is 2. The predicted molar refractivity (Wildman–Crippen MR) is 261 cm³/mol. The van der Waals surface area contributed by atoms with Crippen LogP contribution in [0.2, 0.25) is 0 Å². The van der Waals surface area contributed by atoms with E-state index in [1.165, 1.54) is 4.57 Å². The second-order valence-electron chi connectivity index (χ2n) is 16.4. The maximum Gasteiger partial charge on any atom is 0.351 e. The summed E-state index contributed by atoms with van der Waals surface area (Å²) in [5.74, 6) is 0.413. The molecule has 0 spiro atoms. The maximum absolute atomic E-state index is 13.9. The number of nitrogens with zero attached hydrogens (tertiary/aromatic N) is 5. The van der Waals surface area contributed by atoms with E-state index in [2.05, 4.69) is 66.0 Å². The largest absolute Gasteiger partial charge is 0.497 e. The van der Waals surface area contributed by atoms with Gasteiger partial charge in [-0.1, -0.05) is 117 Å². The number of ether oxygens (including phenoxy) is 3. The molecule has 1 aliphatic heterocycles. The van der Waals surface area contributed by atoms with Gasteiger partial charge < -0.3 is 34.1 Å². The molecule has 1 saturated heterocycles. The number of carbonyl (C=O) groups is 1. The van der Waals surface area contributed by atoms with Crippen LogP contribution in [0.4, 0.5) is 5.82 Å². The van der Waals surface area contributed by atoms with Gasteiger partial charge in [-0.2, -0.15) is 10.2 Å². The fourth-order valence-corrected chi connectivity index (χ4v) is 9.59. The number of methoxy groups -OCH3 is 1. The molecule has 7 unspecified atom stereocenters. The Kier molecular flexibility index (Phi) is 18.1. The SMILES string of the molecule is C.C=CCC(C)(CC)C(CC#N)OP(OC1CC(n2ccc(NC(=O)c3ccc(C)cc3)nc2=O)OC1COC(c1ccccc1)(c1ccc(C)cc1)c1ccc(OC)cc1)n1ccnc1.O. The van der Waals surface area contributed by atoms with Gasteiger partial charge in [-0.15, -0.1) is 6.58 Å². The lowest BCUT2D eigenvalue weighted by molar-refractivity contribution is -0.0925. The number of rotatable bonds is 20. The van der Waals surface area contributed by atoms with Gasteiger partial charge in [0.1, 0.15) is 35.8 Å². The molecule has 1 amide bonds. The van der Waals surface area contributed by atoms with Gasteiger partial charge >= 0.3 is 5.69 Å². The molecular weight excluding hydrogens is 868 g/mol. The fourth-order valence-electron chi connectivity index (χ4n) is 8.01. The summed E-state index contributed by atoms with van der Waals surface area (Å²) in [6.07, 6.45) is 7.28. The summed E-state index contributed by atoms with van der Waals surface area (Å²) in [4.78, 5) is 35.4. The molecule has 1 aliphatic rings. The number of hydrogen-bond donors (Lipinski definition) is 1. The number of imidazole rings is 1. The number of anilines is 1. The van der Waals surface area contributed by atoms with Crippen LogP contribution in [-0.4, -0.2) is 62.3 Å². The Bertz CT molecular complexity index is 2610. The van der Waals surface area contributed by atoms with Crippen LogP contribution in [-0.2, 0) is 24.1 Å². The highest BCUT2D eigenvalue weighted by atomic mass is 31.2. The monoisotopic (exact) mass is 928 g/mol. The van der Waals surface area contributed by atoms with Gasteiger partial charge in [0.05, 0.1) is 38.4 Å². The molecule has 352 valence electrons. The van der Waals surface area contributed by atoms with Gasteiger partial charge in [0.15, 0.2) is 0 Å². The highest BCUT2D eigenvalue weighted by Gasteiger charge is 2.45. The molecule has 0 aliphatic carbocycles. The number of benzene rings is 4. The second kappa shape index (κ2) is 23.4. The van der Waals surface area contributed by atoms with Crippen LogP contribution in [0.15, 0.2) is 152 Å². The standard InChI is InChI=1S/C51H55N6O7P.CH4.H2O/c1-7-28-50(5,8-2)45(26-29-52)64-65(56-32-30-53-35-56)63-43-33-47(57-31-27-46(55-49(57)59)54-48(58)38-18-14-36(3)15-19-38)62-44(43)34-61-51(39-12-10-9-11-13-39,40-20-16-37(4)17-21-40)41-22-24-42(60-6)25-23-41;;/h7,9-25,27,30-32,35,43-45,47H,1,8,26,28,33-34H2,2-6H3,(H,54,55,58,59);1H4;1H2. The molecule has 0 radical (unpaired) electrons. The van der Waals surface area contributed by atoms with Crippen molar-refractivity contribution in [2.75, 3.05) is 19.0 Å². The van der Waals surface area contributed by atoms with Crippen molar-refractivity contribution in [2.45, 2.75) is 90.9 Å². The van der Waals surface area contributed by atoms with E-state index in [-0.39, 0.29) is 44.1 Å². The van der Waals surface area contributed by atoms with Gasteiger partial charge in [0.25, 0.3) is 14.4 Å². The quantitative estimate of drug-likeness (QED) is 0.0439. The molecule has 7 atom stereocenters. The summed E-state index contributed by atoms with van der Waals surface area (Å²) in [6.45, 7) is 12.1. The first-order valence-electron chi connectivity index (χ1n) is 21.6. The zero-order valence-electron chi connectivity index (χ0n) is 37.9. The molecule has 3 heterocycles. The van der Waals surface area contributed by atoms with Gasteiger partial charge in [-0.05, 0) is 79.1 Å². The second-order valence-corrected chi connectivity index (χ2v) is 17.8. The summed E-state index contributed by atoms with van der Waals surface area (Å²) in [5.41, 5.74) is 2.99. The average Bonchev–Trinajstić information content (AvgIpc) is 4.01. The summed E-state index contributed by atoms with van der Waals surface area (Å²) in [7, 11) is -0.302. The molecule has 4 aromatic carbocycles. The van der Waals surface area contributed by atoms with Crippen LogP contribution in [0.3, 0.4) is 0 Å². The number of carbonyl (C=O) groups excluding carboxylic acids is 1. The lowest BCUT2D eigenvalue weighted by Gasteiger charge is -2.38. The Hall–Kier alpha value is -6.30. The lowest BCUT2D eigenvalue weighted by atomic mass is 9.77. The Balaban J connectivity index is 0.00000420. The van der Waals surface area contributed by atoms with Crippen LogP contribution in [0.1, 0.15) is 91.4 Å². The number of aromatic nitrogens is 4. The number of amides is 1. The molecule has 6 aromatic rings. The fraction of sp³-hybridized carbons (Fsp3) is 0.327. The van der Waals surface area contributed by atoms with Crippen LogP contribution in [0, 0.1) is 30.6 Å². The highest BCUT2D eigenvalue weighted by Crippen LogP contribution is 2.51. The maximum atomic E-state index is 13.9. The van der Waals surface area contributed by atoms with Crippen molar-refractivity contribution < 1.29 is 33.5 Å². The van der Waals surface area contributed by atoms with Gasteiger partial charge in [0, 0.05) is 30.6 Å². The molecule has 0 bridgehead atoms. The Morgan fingerprint density at radius 2 is 1.63 bits per heavy atom. The number of nitrogens with one attached hydrogen (secondary N) is 1. The molecular formula is C52H61N6O8P. The van der Waals surface area contributed by atoms with Crippen molar-refractivity contribution in [3.8, 4) is 11.8 Å². The van der Waals surface area contributed by atoms with Gasteiger partial charge in [-0.25, -0.2) is 9.78 Å². The molecule has 0 saturated carbocycles. The minimum Gasteiger partial charge on any atom is -0.497 e. The molecule has 1 fully saturated rings. The van der Waals surface area contributed by atoms with E-state index in [1.807, 2.05) is 86.7 Å². The van der Waals surface area contributed by atoms with Crippen molar-refractivity contribution in [3.63, 3.8) is 0 Å². The summed E-state index contributed by atoms with van der Waals surface area (Å²) >= 11 is 0.